The van der Waals surface area contributed by atoms with Gasteiger partial charge in [-0.15, -0.1) is 0 Å². The average molecular weight is 481 g/mol. The summed E-state index contributed by atoms with van der Waals surface area (Å²) >= 11 is 0. The molecule has 2 aliphatic rings. The third-order valence-electron chi connectivity index (χ3n) is 5.48. The number of carbonyl (C=O) groups excluding carboxylic acids is 1. The number of ether oxygens (including phenoxy) is 2. The molecule has 0 radical (unpaired) electrons. The zero-order chi connectivity index (χ0) is 24.3. The molecule has 2 aromatic rings. The second-order valence-electron chi connectivity index (χ2n) is 8.00. The summed E-state index contributed by atoms with van der Waals surface area (Å²) in [7, 11) is 0. The van der Waals surface area contributed by atoms with Gasteiger partial charge in [0.15, 0.2) is 0 Å². The van der Waals surface area contributed by atoms with Crippen molar-refractivity contribution >= 4 is 23.5 Å². The molecule has 4 rings (SSSR count). The second kappa shape index (κ2) is 10.1. The maximum Gasteiger partial charge on any atom is 0.417 e. The van der Waals surface area contributed by atoms with Crippen LogP contribution in [0.1, 0.15) is 12.5 Å². The SMILES string of the molecule is CC(N)C(=O)Nc1cc(C(F)(F)F)c(-c2cc(N3CCOCC3)nc(N3CCOCC3)n2)cn1. The van der Waals surface area contributed by atoms with Gasteiger partial charge in [0.25, 0.3) is 0 Å². The largest absolute Gasteiger partial charge is 0.417 e. The number of morpholine rings is 2. The highest BCUT2D eigenvalue weighted by Crippen LogP contribution is 2.38. The molecule has 3 N–H and O–H groups in total. The van der Waals surface area contributed by atoms with E-state index in [-0.39, 0.29) is 17.1 Å². The van der Waals surface area contributed by atoms with Crippen LogP contribution in [0.25, 0.3) is 11.3 Å². The second-order valence-corrected chi connectivity index (χ2v) is 8.00. The highest BCUT2D eigenvalue weighted by molar-refractivity contribution is 5.93. The normalized spacial score (nSPS) is 18.0. The molecule has 0 aliphatic carbocycles. The Bertz CT molecular complexity index is 987. The van der Waals surface area contributed by atoms with Crippen LogP contribution in [0.4, 0.5) is 30.8 Å². The van der Waals surface area contributed by atoms with Gasteiger partial charge in [0.1, 0.15) is 11.6 Å². The zero-order valence-corrected chi connectivity index (χ0v) is 18.6. The van der Waals surface area contributed by atoms with Crippen molar-refractivity contribution in [1.29, 1.82) is 0 Å². The van der Waals surface area contributed by atoms with Gasteiger partial charge in [-0.25, -0.2) is 9.97 Å². The summed E-state index contributed by atoms with van der Waals surface area (Å²) < 4.78 is 52.9. The third kappa shape index (κ3) is 5.54. The zero-order valence-electron chi connectivity index (χ0n) is 18.6. The minimum Gasteiger partial charge on any atom is -0.378 e. The number of halogens is 3. The predicted octanol–water partition coefficient (Wildman–Crippen LogP) is 1.52. The molecule has 4 heterocycles. The van der Waals surface area contributed by atoms with Gasteiger partial charge >= 0.3 is 6.18 Å². The van der Waals surface area contributed by atoms with E-state index >= 15 is 0 Å². The quantitative estimate of drug-likeness (QED) is 0.655. The van der Waals surface area contributed by atoms with E-state index in [9.17, 15) is 18.0 Å². The first-order valence-corrected chi connectivity index (χ1v) is 10.9. The number of alkyl halides is 3. The first-order valence-electron chi connectivity index (χ1n) is 10.9. The van der Waals surface area contributed by atoms with Gasteiger partial charge < -0.3 is 30.3 Å². The van der Waals surface area contributed by atoms with Gasteiger partial charge in [-0.2, -0.15) is 18.2 Å². The minimum absolute atomic E-state index is 0.0860. The van der Waals surface area contributed by atoms with Crippen LogP contribution in [0.3, 0.4) is 0 Å². The number of nitrogens with one attached hydrogen (secondary N) is 1. The molecule has 1 unspecified atom stereocenters. The molecule has 0 bridgehead atoms. The van der Waals surface area contributed by atoms with Crippen molar-refractivity contribution in [1.82, 2.24) is 15.0 Å². The molecule has 1 atom stereocenters. The molecule has 0 spiro atoms. The fourth-order valence-electron chi connectivity index (χ4n) is 3.62. The number of hydrogen-bond donors (Lipinski definition) is 2. The van der Waals surface area contributed by atoms with Crippen LogP contribution in [0, 0.1) is 0 Å². The van der Waals surface area contributed by atoms with E-state index in [4.69, 9.17) is 15.2 Å². The Morgan fingerprint density at radius 1 is 1.06 bits per heavy atom. The smallest absolute Gasteiger partial charge is 0.378 e. The molecule has 10 nitrogen and oxygen atoms in total. The van der Waals surface area contributed by atoms with Crippen LogP contribution < -0.4 is 20.9 Å². The third-order valence-corrected chi connectivity index (χ3v) is 5.48. The van der Waals surface area contributed by atoms with Gasteiger partial charge in [0.2, 0.25) is 11.9 Å². The van der Waals surface area contributed by atoms with Crippen molar-refractivity contribution < 1.29 is 27.4 Å². The summed E-state index contributed by atoms with van der Waals surface area (Å²) in [6, 6.07) is 1.42. The molecular formula is C21H26F3N7O3. The molecule has 184 valence electrons. The predicted molar refractivity (Wildman–Crippen MR) is 119 cm³/mol. The summed E-state index contributed by atoms with van der Waals surface area (Å²) in [6.45, 7) is 5.54. The van der Waals surface area contributed by atoms with E-state index < -0.39 is 23.7 Å². The maximum atomic E-state index is 14.1. The van der Waals surface area contributed by atoms with Gasteiger partial charge in [-0.3, -0.25) is 4.79 Å². The Morgan fingerprint density at radius 3 is 2.26 bits per heavy atom. The van der Waals surface area contributed by atoms with Gasteiger partial charge in [-0.05, 0) is 13.0 Å². The Morgan fingerprint density at radius 2 is 1.68 bits per heavy atom. The van der Waals surface area contributed by atoms with E-state index in [1.54, 1.807) is 0 Å². The number of pyridine rings is 1. The van der Waals surface area contributed by atoms with E-state index in [1.165, 1.54) is 13.0 Å². The highest BCUT2D eigenvalue weighted by atomic mass is 19.4. The van der Waals surface area contributed by atoms with Crippen LogP contribution in [0.2, 0.25) is 0 Å². The van der Waals surface area contributed by atoms with E-state index in [2.05, 4.69) is 20.3 Å². The number of rotatable bonds is 5. The minimum atomic E-state index is -4.71. The number of aromatic nitrogens is 3. The summed E-state index contributed by atoms with van der Waals surface area (Å²) in [5.41, 5.74) is 4.40. The van der Waals surface area contributed by atoms with Crippen molar-refractivity contribution in [3.8, 4) is 11.3 Å². The van der Waals surface area contributed by atoms with Crippen LogP contribution in [0.15, 0.2) is 18.3 Å². The van der Waals surface area contributed by atoms with Crippen molar-refractivity contribution in [3.05, 3.63) is 23.9 Å². The monoisotopic (exact) mass is 481 g/mol. The first kappa shape index (κ1) is 24.1. The van der Waals surface area contributed by atoms with E-state index in [1.807, 2.05) is 9.80 Å². The van der Waals surface area contributed by atoms with E-state index in [0.717, 1.165) is 12.3 Å². The van der Waals surface area contributed by atoms with Crippen LogP contribution in [0.5, 0.6) is 0 Å². The molecule has 2 aliphatic heterocycles. The van der Waals surface area contributed by atoms with Crippen molar-refractivity contribution in [3.63, 3.8) is 0 Å². The number of carbonyl (C=O) groups is 1. The van der Waals surface area contributed by atoms with Gasteiger partial charge in [0.05, 0.1) is 43.7 Å². The Hall–Kier alpha value is -3.03. The fourth-order valence-corrected chi connectivity index (χ4v) is 3.62. The van der Waals surface area contributed by atoms with Crippen molar-refractivity contribution in [2.24, 2.45) is 5.73 Å². The van der Waals surface area contributed by atoms with Crippen molar-refractivity contribution in [2.45, 2.75) is 19.1 Å². The molecule has 13 heteroatoms. The number of amides is 1. The number of nitrogens with zero attached hydrogens (tertiary/aromatic N) is 5. The van der Waals surface area contributed by atoms with Crippen LogP contribution >= 0.6 is 0 Å². The lowest BCUT2D eigenvalue weighted by Crippen LogP contribution is -2.39. The van der Waals surface area contributed by atoms with Gasteiger partial charge in [-0.1, -0.05) is 0 Å². The number of hydrogen-bond acceptors (Lipinski definition) is 9. The highest BCUT2D eigenvalue weighted by Gasteiger charge is 2.35. The maximum absolute atomic E-state index is 14.1. The summed E-state index contributed by atoms with van der Waals surface area (Å²) in [4.78, 5) is 28.8. The first-order chi connectivity index (χ1) is 16.2. The number of anilines is 3. The Balaban J connectivity index is 1.78. The molecule has 1 amide bonds. The molecule has 34 heavy (non-hydrogen) atoms. The van der Waals surface area contributed by atoms with Crippen molar-refractivity contribution in [2.75, 3.05) is 67.7 Å². The number of nitrogens with two attached hydrogens (primary N) is 1. The Labute approximate surface area is 194 Å². The molecular weight excluding hydrogens is 455 g/mol. The molecule has 2 saturated heterocycles. The molecule has 2 fully saturated rings. The lowest BCUT2D eigenvalue weighted by atomic mass is 10.1. The molecule has 2 aromatic heterocycles. The molecule has 0 saturated carbocycles. The summed E-state index contributed by atoms with van der Waals surface area (Å²) in [5, 5.41) is 2.31. The van der Waals surface area contributed by atoms with Crippen LogP contribution in [-0.4, -0.2) is 79.5 Å². The fraction of sp³-hybridized carbons (Fsp3) is 0.524. The summed E-state index contributed by atoms with van der Waals surface area (Å²) in [6.07, 6.45) is -3.65. The topological polar surface area (TPSA) is 119 Å². The van der Waals surface area contributed by atoms with Crippen LogP contribution in [-0.2, 0) is 20.4 Å². The molecule has 0 aromatic carbocycles. The standard InChI is InChI=1S/C21H26F3N7O3/c1-13(25)19(32)28-17-10-15(21(22,23)24)14(12-26-17)16-11-18(30-2-6-33-7-3-30)29-20(27-16)31-4-8-34-9-5-31/h10-13H,2-9,25H2,1H3,(H,26,28,32). The average Bonchev–Trinajstić information content (AvgIpc) is 2.84. The summed E-state index contributed by atoms with van der Waals surface area (Å²) in [5.74, 6) is -0.0455. The van der Waals surface area contributed by atoms with Gasteiger partial charge in [0, 0.05) is 44.0 Å². The van der Waals surface area contributed by atoms with E-state index in [0.29, 0.717) is 64.4 Å². The lowest BCUT2D eigenvalue weighted by Gasteiger charge is -2.31. The lowest BCUT2D eigenvalue weighted by molar-refractivity contribution is -0.137. The Kier molecular flexibility index (Phi) is 7.14.